The highest BCUT2D eigenvalue weighted by atomic mass is 35.5. The van der Waals surface area contributed by atoms with Crippen LogP contribution in [0.4, 0.5) is 0 Å². The molecule has 5 nitrogen and oxygen atoms in total. The highest BCUT2D eigenvalue weighted by molar-refractivity contribution is 6.33. The Hall–Kier alpha value is -1.88. The number of halogens is 1. The SMILES string of the molecule is O=C(O)c1cc(-n2ccnn2)ccc1Cl. The molecule has 1 heterocycles. The molecule has 0 aliphatic rings. The van der Waals surface area contributed by atoms with Crippen LogP contribution in [0, 0.1) is 0 Å². The Balaban J connectivity index is 2.52. The topological polar surface area (TPSA) is 68.0 Å². The molecule has 0 radical (unpaired) electrons. The van der Waals surface area contributed by atoms with Gasteiger partial charge in [0.15, 0.2) is 0 Å². The van der Waals surface area contributed by atoms with E-state index < -0.39 is 5.97 Å². The fourth-order valence-electron chi connectivity index (χ4n) is 1.17. The molecule has 0 spiro atoms. The first kappa shape index (κ1) is 9.67. The summed E-state index contributed by atoms with van der Waals surface area (Å²) in [7, 11) is 0. The summed E-state index contributed by atoms with van der Waals surface area (Å²) in [6.45, 7) is 0. The molecule has 0 fully saturated rings. The maximum absolute atomic E-state index is 10.8. The molecule has 2 aromatic rings. The largest absolute Gasteiger partial charge is 0.478 e. The van der Waals surface area contributed by atoms with Crippen LogP contribution in [0.3, 0.4) is 0 Å². The molecule has 2 rings (SSSR count). The van der Waals surface area contributed by atoms with E-state index in [1.165, 1.54) is 23.0 Å². The van der Waals surface area contributed by atoms with Crippen LogP contribution in [-0.2, 0) is 0 Å². The number of carbonyl (C=O) groups is 1. The summed E-state index contributed by atoms with van der Waals surface area (Å²) < 4.78 is 1.46. The minimum Gasteiger partial charge on any atom is -0.478 e. The van der Waals surface area contributed by atoms with E-state index in [1.54, 1.807) is 12.3 Å². The molecule has 0 unspecified atom stereocenters. The summed E-state index contributed by atoms with van der Waals surface area (Å²) in [5, 5.41) is 16.4. The Labute approximate surface area is 89.9 Å². The van der Waals surface area contributed by atoms with Gasteiger partial charge in [0.25, 0.3) is 0 Å². The van der Waals surface area contributed by atoms with Crippen molar-refractivity contribution in [1.82, 2.24) is 15.0 Å². The van der Waals surface area contributed by atoms with Gasteiger partial charge in [-0.2, -0.15) is 0 Å². The number of benzene rings is 1. The lowest BCUT2D eigenvalue weighted by Gasteiger charge is -2.03. The van der Waals surface area contributed by atoms with Crippen molar-refractivity contribution >= 4 is 17.6 Å². The van der Waals surface area contributed by atoms with Gasteiger partial charge in [-0.1, -0.05) is 16.8 Å². The van der Waals surface area contributed by atoms with Gasteiger partial charge in [-0.05, 0) is 18.2 Å². The molecular weight excluding hydrogens is 218 g/mol. The second-order valence-electron chi connectivity index (χ2n) is 2.82. The van der Waals surface area contributed by atoms with Crippen molar-refractivity contribution < 1.29 is 9.90 Å². The van der Waals surface area contributed by atoms with E-state index in [0.29, 0.717) is 5.69 Å². The summed E-state index contributed by atoms with van der Waals surface area (Å²) in [6.07, 6.45) is 3.13. The van der Waals surface area contributed by atoms with Crippen molar-refractivity contribution in [3.8, 4) is 5.69 Å². The number of hydrogen-bond acceptors (Lipinski definition) is 3. The quantitative estimate of drug-likeness (QED) is 0.840. The second-order valence-corrected chi connectivity index (χ2v) is 3.22. The molecule has 0 atom stereocenters. The van der Waals surface area contributed by atoms with Crippen molar-refractivity contribution in [3.63, 3.8) is 0 Å². The summed E-state index contributed by atoms with van der Waals surface area (Å²) >= 11 is 5.73. The predicted octanol–water partition coefficient (Wildman–Crippen LogP) is 1.62. The maximum Gasteiger partial charge on any atom is 0.337 e. The predicted molar refractivity (Wildman–Crippen MR) is 53.3 cm³/mol. The normalized spacial score (nSPS) is 10.2. The Bertz CT molecular complexity index is 496. The molecule has 6 heteroatoms. The van der Waals surface area contributed by atoms with Gasteiger partial charge in [0.1, 0.15) is 0 Å². The van der Waals surface area contributed by atoms with Crippen molar-refractivity contribution in [2.45, 2.75) is 0 Å². The van der Waals surface area contributed by atoms with Gasteiger partial charge < -0.3 is 5.11 Å². The average Bonchev–Trinajstić information content (AvgIpc) is 2.71. The van der Waals surface area contributed by atoms with Crippen LogP contribution in [0.15, 0.2) is 30.6 Å². The van der Waals surface area contributed by atoms with Crippen molar-refractivity contribution in [2.75, 3.05) is 0 Å². The van der Waals surface area contributed by atoms with E-state index in [0.717, 1.165) is 0 Å². The van der Waals surface area contributed by atoms with Gasteiger partial charge in [-0.3, -0.25) is 0 Å². The van der Waals surface area contributed by atoms with Crippen LogP contribution in [0.5, 0.6) is 0 Å². The van der Waals surface area contributed by atoms with Gasteiger partial charge in [-0.25, -0.2) is 9.48 Å². The van der Waals surface area contributed by atoms with Gasteiger partial charge in [0, 0.05) is 0 Å². The third-order valence-corrected chi connectivity index (χ3v) is 2.20. The minimum atomic E-state index is -1.07. The third-order valence-electron chi connectivity index (χ3n) is 1.87. The first-order valence-corrected chi connectivity index (χ1v) is 4.46. The molecule has 0 aliphatic carbocycles. The summed E-state index contributed by atoms with van der Waals surface area (Å²) in [5.74, 6) is -1.07. The van der Waals surface area contributed by atoms with E-state index >= 15 is 0 Å². The van der Waals surface area contributed by atoms with E-state index in [1.807, 2.05) is 0 Å². The highest BCUT2D eigenvalue weighted by Crippen LogP contribution is 2.19. The fraction of sp³-hybridized carbons (Fsp3) is 0. The number of carboxylic acid groups (broad SMARTS) is 1. The Kier molecular flexibility index (Phi) is 2.39. The molecule has 0 amide bonds. The van der Waals surface area contributed by atoms with Gasteiger partial charge >= 0.3 is 5.97 Å². The second kappa shape index (κ2) is 3.70. The molecule has 76 valence electrons. The van der Waals surface area contributed by atoms with Crippen LogP contribution in [-0.4, -0.2) is 26.1 Å². The van der Waals surface area contributed by atoms with Gasteiger partial charge in [0.2, 0.25) is 0 Å². The van der Waals surface area contributed by atoms with Crippen LogP contribution in [0.25, 0.3) is 5.69 Å². The Morgan fingerprint density at radius 3 is 2.87 bits per heavy atom. The third kappa shape index (κ3) is 1.82. The van der Waals surface area contributed by atoms with Gasteiger partial charge in [0.05, 0.1) is 28.7 Å². The number of aromatic carboxylic acids is 1. The standard InChI is InChI=1S/C9H6ClN3O2/c10-8-2-1-6(5-7(8)9(14)15)13-4-3-11-12-13/h1-5H,(H,14,15). The average molecular weight is 224 g/mol. The number of rotatable bonds is 2. The lowest BCUT2D eigenvalue weighted by molar-refractivity contribution is 0.0697. The molecule has 0 bridgehead atoms. The van der Waals surface area contributed by atoms with E-state index in [-0.39, 0.29) is 10.6 Å². The molecular formula is C9H6ClN3O2. The lowest BCUT2D eigenvalue weighted by atomic mass is 10.2. The molecule has 0 saturated heterocycles. The van der Waals surface area contributed by atoms with Crippen molar-refractivity contribution in [2.24, 2.45) is 0 Å². The maximum atomic E-state index is 10.8. The minimum absolute atomic E-state index is 0.0460. The fourth-order valence-corrected chi connectivity index (χ4v) is 1.36. The highest BCUT2D eigenvalue weighted by Gasteiger charge is 2.10. The van der Waals surface area contributed by atoms with E-state index in [9.17, 15) is 4.79 Å². The molecule has 0 saturated carbocycles. The van der Waals surface area contributed by atoms with Crippen LogP contribution in [0.1, 0.15) is 10.4 Å². The zero-order valence-corrected chi connectivity index (χ0v) is 8.22. The molecule has 1 aromatic heterocycles. The first-order chi connectivity index (χ1) is 7.18. The molecule has 15 heavy (non-hydrogen) atoms. The first-order valence-electron chi connectivity index (χ1n) is 4.08. The zero-order valence-electron chi connectivity index (χ0n) is 7.46. The zero-order chi connectivity index (χ0) is 10.8. The van der Waals surface area contributed by atoms with Crippen LogP contribution < -0.4 is 0 Å². The summed E-state index contributed by atoms with van der Waals surface area (Å²) in [5.41, 5.74) is 0.652. The lowest BCUT2D eigenvalue weighted by Crippen LogP contribution is -2.01. The van der Waals surface area contributed by atoms with Crippen molar-refractivity contribution in [1.29, 1.82) is 0 Å². The van der Waals surface area contributed by atoms with E-state index in [4.69, 9.17) is 16.7 Å². The number of aromatic nitrogens is 3. The van der Waals surface area contributed by atoms with Gasteiger partial charge in [-0.15, -0.1) is 5.10 Å². The Morgan fingerprint density at radius 1 is 1.47 bits per heavy atom. The number of nitrogens with zero attached hydrogens (tertiary/aromatic N) is 3. The van der Waals surface area contributed by atoms with Crippen LogP contribution in [0.2, 0.25) is 5.02 Å². The molecule has 1 N–H and O–H groups in total. The molecule has 1 aromatic carbocycles. The summed E-state index contributed by atoms with van der Waals surface area (Å²) in [6, 6.07) is 4.63. The Morgan fingerprint density at radius 2 is 2.27 bits per heavy atom. The molecule has 0 aliphatic heterocycles. The van der Waals surface area contributed by atoms with E-state index in [2.05, 4.69) is 10.3 Å². The monoisotopic (exact) mass is 223 g/mol. The smallest absolute Gasteiger partial charge is 0.337 e. The number of carboxylic acids is 1. The number of hydrogen-bond donors (Lipinski definition) is 1. The van der Waals surface area contributed by atoms with Crippen molar-refractivity contribution in [3.05, 3.63) is 41.2 Å². The summed E-state index contributed by atoms with van der Waals surface area (Å²) in [4.78, 5) is 10.8. The van der Waals surface area contributed by atoms with Crippen LogP contribution >= 0.6 is 11.6 Å².